The van der Waals surface area contributed by atoms with Gasteiger partial charge in [-0.25, -0.2) is 0 Å². The van der Waals surface area contributed by atoms with E-state index in [-0.39, 0.29) is 6.61 Å². The van der Waals surface area contributed by atoms with Crippen LogP contribution < -0.4 is 0 Å². The molecule has 2 N–H and O–H groups in total. The molecule has 0 heterocycles. The minimum Gasteiger partial charge on any atom is -0.508 e. The Balaban J connectivity index is 0.000000173. The topological polar surface area (TPSA) is 40.5 Å². The van der Waals surface area contributed by atoms with Gasteiger partial charge in [-0.15, -0.1) is 0 Å². The number of benzene rings is 3. The zero-order valence-corrected chi connectivity index (χ0v) is 11.7. The van der Waals surface area contributed by atoms with Crippen LogP contribution in [0, 0.1) is 0 Å². The summed E-state index contributed by atoms with van der Waals surface area (Å²) in [4.78, 5) is 0. The normalized spacial score (nSPS) is 9.57. The van der Waals surface area contributed by atoms with Gasteiger partial charge >= 0.3 is 0 Å². The minimum atomic E-state index is 0.140. The molecule has 106 valence electrons. The van der Waals surface area contributed by atoms with Crippen LogP contribution in [0.4, 0.5) is 0 Å². The summed E-state index contributed by atoms with van der Waals surface area (Å²) in [6.45, 7) is 0.140. The summed E-state index contributed by atoms with van der Waals surface area (Å²) in [6, 6.07) is 26.8. The van der Waals surface area contributed by atoms with E-state index in [9.17, 15) is 5.11 Å². The Hall–Kier alpha value is -2.58. The molecule has 0 fully saturated rings. The van der Waals surface area contributed by atoms with E-state index in [0.29, 0.717) is 5.75 Å². The molecule has 0 spiro atoms. The molecule has 0 aliphatic carbocycles. The average molecular weight is 278 g/mol. The smallest absolute Gasteiger partial charge is 0.116 e. The minimum absolute atomic E-state index is 0.140. The quantitative estimate of drug-likeness (QED) is 0.736. The molecule has 21 heavy (non-hydrogen) atoms. The zero-order valence-electron chi connectivity index (χ0n) is 11.7. The predicted octanol–water partition coefficient (Wildman–Crippen LogP) is 4.24. The summed E-state index contributed by atoms with van der Waals surface area (Å²) in [5.41, 5.74) is 3.13. The Bertz CT molecular complexity index is 649. The monoisotopic (exact) mass is 278 g/mol. The van der Waals surface area contributed by atoms with E-state index in [2.05, 4.69) is 0 Å². The van der Waals surface area contributed by atoms with Crippen LogP contribution in [0.15, 0.2) is 84.9 Å². The van der Waals surface area contributed by atoms with Crippen molar-refractivity contribution in [1.82, 2.24) is 0 Å². The fraction of sp³-hybridized carbons (Fsp3) is 0.0526. The maximum absolute atomic E-state index is 9.27. The van der Waals surface area contributed by atoms with Crippen molar-refractivity contribution < 1.29 is 10.2 Å². The Morgan fingerprint density at radius 2 is 1.19 bits per heavy atom. The molecular weight excluding hydrogens is 260 g/mol. The molecule has 0 amide bonds. The van der Waals surface area contributed by atoms with Crippen molar-refractivity contribution >= 4 is 0 Å². The molecule has 0 unspecified atom stereocenters. The Morgan fingerprint density at radius 1 is 0.619 bits per heavy atom. The third-order valence-electron chi connectivity index (χ3n) is 2.98. The van der Waals surface area contributed by atoms with Crippen LogP contribution in [0.3, 0.4) is 0 Å². The van der Waals surface area contributed by atoms with Crippen LogP contribution in [0.1, 0.15) is 5.56 Å². The number of aliphatic hydroxyl groups is 1. The van der Waals surface area contributed by atoms with E-state index in [4.69, 9.17) is 5.11 Å². The number of hydrogen-bond donors (Lipinski definition) is 2. The standard InChI is InChI=1S/C12H10O.C7H8O/c13-12-8-4-7-11(9-12)10-5-2-1-3-6-10;8-6-7-4-2-1-3-5-7/h1-9,13H;1-5,8H,6H2. The number of aliphatic hydroxyl groups excluding tert-OH is 1. The fourth-order valence-electron chi connectivity index (χ4n) is 1.90. The lowest BCUT2D eigenvalue weighted by atomic mass is 10.1. The molecule has 0 saturated carbocycles. The van der Waals surface area contributed by atoms with Gasteiger partial charge in [0, 0.05) is 0 Å². The largest absolute Gasteiger partial charge is 0.508 e. The summed E-state index contributed by atoms with van der Waals surface area (Å²) >= 11 is 0. The molecule has 0 bridgehead atoms. The SMILES string of the molecule is OCc1ccccc1.Oc1cccc(-c2ccccc2)c1. The van der Waals surface area contributed by atoms with E-state index in [1.807, 2.05) is 72.8 Å². The van der Waals surface area contributed by atoms with Crippen LogP contribution in [-0.4, -0.2) is 10.2 Å². The molecule has 3 rings (SSSR count). The van der Waals surface area contributed by atoms with Crippen LogP contribution >= 0.6 is 0 Å². The highest BCUT2D eigenvalue weighted by molar-refractivity contribution is 5.64. The highest BCUT2D eigenvalue weighted by Gasteiger charge is 1.95. The molecule has 2 nitrogen and oxygen atoms in total. The van der Waals surface area contributed by atoms with E-state index in [1.165, 1.54) is 0 Å². The highest BCUT2D eigenvalue weighted by Crippen LogP contribution is 2.22. The van der Waals surface area contributed by atoms with Crippen molar-refractivity contribution in [3.63, 3.8) is 0 Å². The van der Waals surface area contributed by atoms with Gasteiger partial charge in [-0.3, -0.25) is 0 Å². The Kier molecular flexibility index (Phi) is 5.56. The first kappa shape index (κ1) is 14.8. The van der Waals surface area contributed by atoms with E-state index in [0.717, 1.165) is 16.7 Å². The molecule has 0 aliphatic rings. The van der Waals surface area contributed by atoms with E-state index in [1.54, 1.807) is 12.1 Å². The molecule has 0 saturated heterocycles. The van der Waals surface area contributed by atoms with Crippen molar-refractivity contribution in [2.24, 2.45) is 0 Å². The lowest BCUT2D eigenvalue weighted by molar-refractivity contribution is 0.282. The number of aromatic hydroxyl groups is 1. The molecular formula is C19H18O2. The summed E-state index contributed by atoms with van der Waals surface area (Å²) in [7, 11) is 0. The maximum Gasteiger partial charge on any atom is 0.116 e. The number of hydrogen-bond acceptors (Lipinski definition) is 2. The summed E-state index contributed by atoms with van der Waals surface area (Å²) in [6.07, 6.45) is 0. The third-order valence-corrected chi connectivity index (χ3v) is 2.98. The first-order valence-electron chi connectivity index (χ1n) is 6.79. The maximum atomic E-state index is 9.27. The summed E-state index contributed by atoms with van der Waals surface area (Å²) < 4.78 is 0. The molecule has 0 radical (unpaired) electrons. The van der Waals surface area contributed by atoms with Gasteiger partial charge in [0.2, 0.25) is 0 Å². The Labute approximate surface area is 125 Å². The second kappa shape index (κ2) is 7.88. The molecule has 0 atom stereocenters. The molecule has 3 aromatic carbocycles. The highest BCUT2D eigenvalue weighted by atomic mass is 16.3. The molecule has 0 aliphatic heterocycles. The predicted molar refractivity (Wildman–Crippen MR) is 85.9 cm³/mol. The zero-order chi connectivity index (χ0) is 14.9. The first-order valence-corrected chi connectivity index (χ1v) is 6.79. The molecule has 2 heteroatoms. The Morgan fingerprint density at radius 3 is 1.71 bits per heavy atom. The van der Waals surface area contributed by atoms with Crippen molar-refractivity contribution in [2.75, 3.05) is 0 Å². The summed E-state index contributed by atoms with van der Waals surface area (Å²) in [5, 5.41) is 17.8. The molecule has 0 aromatic heterocycles. The van der Waals surface area contributed by atoms with Crippen molar-refractivity contribution in [3.05, 3.63) is 90.5 Å². The van der Waals surface area contributed by atoms with E-state index >= 15 is 0 Å². The first-order chi connectivity index (χ1) is 10.3. The number of phenols is 1. The van der Waals surface area contributed by atoms with Crippen LogP contribution in [-0.2, 0) is 6.61 Å². The van der Waals surface area contributed by atoms with Gasteiger partial charge in [-0.05, 0) is 28.8 Å². The van der Waals surface area contributed by atoms with Gasteiger partial charge in [0.05, 0.1) is 6.61 Å². The van der Waals surface area contributed by atoms with E-state index < -0.39 is 0 Å². The lowest BCUT2D eigenvalue weighted by Crippen LogP contribution is -1.77. The van der Waals surface area contributed by atoms with Crippen LogP contribution in [0.25, 0.3) is 11.1 Å². The van der Waals surface area contributed by atoms with Crippen molar-refractivity contribution in [3.8, 4) is 16.9 Å². The average Bonchev–Trinajstić information content (AvgIpc) is 2.57. The van der Waals surface area contributed by atoms with Gasteiger partial charge in [0.15, 0.2) is 0 Å². The second-order valence-corrected chi connectivity index (χ2v) is 4.56. The number of phenolic OH excluding ortho intramolecular Hbond substituents is 1. The third kappa shape index (κ3) is 4.79. The molecule has 3 aromatic rings. The van der Waals surface area contributed by atoms with Gasteiger partial charge < -0.3 is 10.2 Å². The van der Waals surface area contributed by atoms with Crippen LogP contribution in [0.2, 0.25) is 0 Å². The number of rotatable bonds is 2. The fourth-order valence-corrected chi connectivity index (χ4v) is 1.90. The van der Waals surface area contributed by atoms with Gasteiger partial charge in [-0.2, -0.15) is 0 Å². The van der Waals surface area contributed by atoms with Gasteiger partial charge in [0.1, 0.15) is 5.75 Å². The second-order valence-electron chi connectivity index (χ2n) is 4.56. The van der Waals surface area contributed by atoms with Crippen LogP contribution in [0.5, 0.6) is 5.75 Å². The van der Waals surface area contributed by atoms with Crippen molar-refractivity contribution in [1.29, 1.82) is 0 Å². The lowest BCUT2D eigenvalue weighted by Gasteiger charge is -2.00. The van der Waals surface area contributed by atoms with Gasteiger partial charge in [0.25, 0.3) is 0 Å². The summed E-state index contributed by atoms with van der Waals surface area (Å²) in [5.74, 6) is 0.307. The van der Waals surface area contributed by atoms with Crippen molar-refractivity contribution in [2.45, 2.75) is 6.61 Å². The van der Waals surface area contributed by atoms with Gasteiger partial charge in [-0.1, -0.05) is 72.8 Å².